The predicted octanol–water partition coefficient (Wildman–Crippen LogP) is 5.00. The molecule has 5 nitrogen and oxygen atoms in total. The number of amides is 4. The Bertz CT molecular complexity index is 382. The number of nitrogens with one attached hydrogen (secondary N) is 3. The van der Waals surface area contributed by atoms with Crippen molar-refractivity contribution in [2.45, 2.75) is 115 Å². The summed E-state index contributed by atoms with van der Waals surface area (Å²) >= 11 is 0. The van der Waals surface area contributed by atoms with Crippen LogP contribution in [0.4, 0.5) is 9.59 Å². The fourth-order valence-corrected chi connectivity index (χ4v) is 4.10. The van der Waals surface area contributed by atoms with Crippen molar-refractivity contribution in [1.29, 1.82) is 0 Å². The molecule has 3 N–H and O–H groups in total. The molecule has 0 aromatic carbocycles. The number of urea groups is 2. The van der Waals surface area contributed by atoms with Crippen LogP contribution >= 0.6 is 0 Å². The predicted molar refractivity (Wildman–Crippen MR) is 102 cm³/mol. The van der Waals surface area contributed by atoms with E-state index in [9.17, 15) is 9.59 Å². The summed E-state index contributed by atoms with van der Waals surface area (Å²) < 4.78 is 0. The molecule has 4 amide bonds. The minimum atomic E-state index is -0.345. The molecule has 0 heterocycles. The van der Waals surface area contributed by atoms with Gasteiger partial charge in [0.25, 0.3) is 0 Å². The average molecular weight is 352 g/mol. The first kappa shape index (κ1) is 20.1. The van der Waals surface area contributed by atoms with Crippen molar-refractivity contribution in [3.8, 4) is 0 Å². The van der Waals surface area contributed by atoms with Crippen molar-refractivity contribution in [3.05, 3.63) is 0 Å². The molecular formula is C20H37N3O2. The van der Waals surface area contributed by atoms with E-state index in [-0.39, 0.29) is 24.1 Å². The lowest BCUT2D eigenvalue weighted by Crippen LogP contribution is -2.50. The summed E-state index contributed by atoms with van der Waals surface area (Å²) in [6.45, 7) is 0. The highest BCUT2D eigenvalue weighted by Gasteiger charge is 2.17. The van der Waals surface area contributed by atoms with E-state index in [4.69, 9.17) is 0 Å². The Hall–Kier alpha value is -1.26. The van der Waals surface area contributed by atoms with E-state index in [1.54, 1.807) is 0 Å². The zero-order valence-electron chi connectivity index (χ0n) is 15.8. The zero-order valence-corrected chi connectivity index (χ0v) is 15.8. The van der Waals surface area contributed by atoms with Crippen molar-refractivity contribution in [2.24, 2.45) is 0 Å². The average Bonchev–Trinajstić information content (AvgIpc) is 2.56. The molecule has 0 bridgehead atoms. The molecule has 2 aliphatic carbocycles. The molecule has 0 aromatic heterocycles. The summed E-state index contributed by atoms with van der Waals surface area (Å²) in [5.41, 5.74) is 0. The van der Waals surface area contributed by atoms with Gasteiger partial charge in [0.15, 0.2) is 0 Å². The highest BCUT2D eigenvalue weighted by Crippen LogP contribution is 2.18. The van der Waals surface area contributed by atoms with Crippen LogP contribution in [0.2, 0.25) is 0 Å². The number of hydrogen-bond acceptors (Lipinski definition) is 2. The lowest BCUT2D eigenvalue weighted by Gasteiger charge is -2.22. The smallest absolute Gasteiger partial charge is 0.323 e. The van der Waals surface area contributed by atoms with E-state index in [0.29, 0.717) is 0 Å². The molecule has 2 rings (SSSR count). The van der Waals surface area contributed by atoms with Gasteiger partial charge in [-0.3, -0.25) is 5.32 Å². The molecule has 0 aromatic rings. The van der Waals surface area contributed by atoms with Gasteiger partial charge in [0.2, 0.25) is 0 Å². The van der Waals surface area contributed by atoms with Crippen LogP contribution in [0.3, 0.4) is 0 Å². The maximum absolute atomic E-state index is 12.2. The van der Waals surface area contributed by atoms with Gasteiger partial charge in [-0.1, -0.05) is 77.0 Å². The second-order valence-electron chi connectivity index (χ2n) is 7.86. The van der Waals surface area contributed by atoms with Gasteiger partial charge in [-0.05, 0) is 25.7 Å². The van der Waals surface area contributed by atoms with Gasteiger partial charge in [0, 0.05) is 12.1 Å². The second kappa shape index (κ2) is 12.2. The monoisotopic (exact) mass is 351 g/mol. The minimum absolute atomic E-state index is 0.201. The first-order valence-corrected chi connectivity index (χ1v) is 10.6. The number of carbonyl (C=O) groups is 2. The third-order valence-corrected chi connectivity index (χ3v) is 5.61. The molecule has 0 aliphatic heterocycles. The molecule has 2 aliphatic rings. The second-order valence-corrected chi connectivity index (χ2v) is 7.86. The molecule has 0 spiro atoms. The van der Waals surface area contributed by atoms with Crippen LogP contribution in [0.5, 0.6) is 0 Å². The van der Waals surface area contributed by atoms with Crippen molar-refractivity contribution in [3.63, 3.8) is 0 Å². The standard InChI is InChI=1S/C20H37N3O2/c24-19(21-17-13-9-5-2-1-3-6-10-14-17)23-20(25)22-18-15-11-7-4-8-12-16-18/h17-18H,1-16H2,(H3,21,22,23,24,25). The van der Waals surface area contributed by atoms with Crippen LogP contribution in [0.15, 0.2) is 0 Å². The maximum Gasteiger partial charge on any atom is 0.323 e. The Balaban J connectivity index is 1.68. The number of imide groups is 1. The third kappa shape index (κ3) is 9.13. The van der Waals surface area contributed by atoms with Crippen molar-refractivity contribution >= 4 is 12.1 Å². The van der Waals surface area contributed by atoms with E-state index in [1.165, 1.54) is 77.0 Å². The number of carbonyl (C=O) groups excluding carboxylic acids is 2. The molecule has 0 unspecified atom stereocenters. The van der Waals surface area contributed by atoms with Gasteiger partial charge in [0.05, 0.1) is 0 Å². The lowest BCUT2D eigenvalue weighted by molar-refractivity contribution is 0.220. The highest BCUT2D eigenvalue weighted by molar-refractivity contribution is 5.93. The van der Waals surface area contributed by atoms with Crippen LogP contribution in [0.25, 0.3) is 0 Å². The normalized spacial score (nSPS) is 22.2. The summed E-state index contributed by atoms with van der Waals surface area (Å²) in [5, 5.41) is 8.47. The van der Waals surface area contributed by atoms with Crippen molar-refractivity contribution in [2.75, 3.05) is 0 Å². The van der Waals surface area contributed by atoms with E-state index in [0.717, 1.165) is 25.7 Å². The van der Waals surface area contributed by atoms with Gasteiger partial charge in [0.1, 0.15) is 0 Å². The summed E-state index contributed by atoms with van der Waals surface area (Å²) in [6, 6.07) is -0.276. The summed E-state index contributed by atoms with van der Waals surface area (Å²) in [4.78, 5) is 24.3. The Labute approximate surface area is 153 Å². The largest absolute Gasteiger partial charge is 0.335 e. The molecule has 0 radical (unpaired) electrons. The summed E-state index contributed by atoms with van der Waals surface area (Å²) in [5.74, 6) is 0. The lowest BCUT2D eigenvalue weighted by atomic mass is 9.97. The van der Waals surface area contributed by atoms with Gasteiger partial charge in [-0.15, -0.1) is 0 Å². The summed E-state index contributed by atoms with van der Waals surface area (Å²) in [7, 11) is 0. The molecule has 5 heteroatoms. The Morgan fingerprint density at radius 2 is 0.760 bits per heavy atom. The summed E-state index contributed by atoms with van der Waals surface area (Å²) in [6.07, 6.45) is 19.0. The Morgan fingerprint density at radius 1 is 0.480 bits per heavy atom. The molecular weight excluding hydrogens is 314 g/mol. The third-order valence-electron chi connectivity index (χ3n) is 5.61. The van der Waals surface area contributed by atoms with Gasteiger partial charge < -0.3 is 10.6 Å². The van der Waals surface area contributed by atoms with E-state index in [1.807, 2.05) is 0 Å². The molecule has 2 saturated carbocycles. The molecule has 25 heavy (non-hydrogen) atoms. The van der Waals surface area contributed by atoms with Crippen molar-refractivity contribution in [1.82, 2.24) is 16.0 Å². The Morgan fingerprint density at radius 3 is 1.08 bits per heavy atom. The zero-order chi connectivity index (χ0) is 17.7. The van der Waals surface area contributed by atoms with Crippen molar-refractivity contribution < 1.29 is 9.59 Å². The molecule has 0 atom stereocenters. The van der Waals surface area contributed by atoms with Crippen LogP contribution in [-0.2, 0) is 0 Å². The highest BCUT2D eigenvalue weighted by atomic mass is 16.2. The number of hydrogen-bond donors (Lipinski definition) is 3. The first-order valence-electron chi connectivity index (χ1n) is 10.6. The topological polar surface area (TPSA) is 70.2 Å². The molecule has 0 saturated heterocycles. The van der Waals surface area contributed by atoms with Crippen LogP contribution in [0.1, 0.15) is 103 Å². The SMILES string of the molecule is O=C(NC(=O)NC1CCCCCCC1)NC1CCCCCCCCC1. The van der Waals surface area contributed by atoms with Crippen LogP contribution in [-0.4, -0.2) is 24.1 Å². The first-order chi connectivity index (χ1) is 12.2. The van der Waals surface area contributed by atoms with Crippen LogP contribution < -0.4 is 16.0 Å². The van der Waals surface area contributed by atoms with Gasteiger partial charge in [-0.25, -0.2) is 9.59 Å². The fraction of sp³-hybridized carbons (Fsp3) is 0.900. The quantitative estimate of drug-likeness (QED) is 0.655. The fourth-order valence-electron chi connectivity index (χ4n) is 4.10. The van der Waals surface area contributed by atoms with E-state index >= 15 is 0 Å². The minimum Gasteiger partial charge on any atom is -0.335 e. The van der Waals surface area contributed by atoms with Gasteiger partial charge >= 0.3 is 12.1 Å². The maximum atomic E-state index is 12.2. The number of rotatable bonds is 2. The Kier molecular flexibility index (Phi) is 9.75. The van der Waals surface area contributed by atoms with Gasteiger partial charge in [-0.2, -0.15) is 0 Å². The molecule has 144 valence electrons. The van der Waals surface area contributed by atoms with Crippen LogP contribution in [0, 0.1) is 0 Å². The molecule has 2 fully saturated rings. The van der Waals surface area contributed by atoms with E-state index in [2.05, 4.69) is 16.0 Å². The van der Waals surface area contributed by atoms with E-state index < -0.39 is 0 Å².